The molecule has 7 nitrogen and oxygen atoms in total. The summed E-state index contributed by atoms with van der Waals surface area (Å²) in [6.45, 7) is 0.0469. The Kier molecular flexibility index (Phi) is 3.74. The summed E-state index contributed by atoms with van der Waals surface area (Å²) >= 11 is 6.25. The topological polar surface area (TPSA) is 95.8 Å². The van der Waals surface area contributed by atoms with Gasteiger partial charge in [-0.15, -0.1) is 0 Å². The Morgan fingerprint density at radius 1 is 1.46 bits per heavy atom. The largest absolute Gasteiger partial charge is 0.394 e. The number of aliphatic hydroxyl groups excluding tert-OH is 1. The van der Waals surface area contributed by atoms with Gasteiger partial charge in [-0.05, 0) is 24.8 Å². The first-order valence-corrected chi connectivity index (χ1v) is 8.13. The maximum Gasteiger partial charge on any atom is 0.266 e. The maximum atomic E-state index is 12.6. The van der Waals surface area contributed by atoms with E-state index in [4.69, 9.17) is 11.6 Å². The van der Waals surface area contributed by atoms with E-state index in [0.717, 1.165) is 12.8 Å². The fourth-order valence-corrected chi connectivity index (χ4v) is 3.02. The van der Waals surface area contributed by atoms with Crippen molar-refractivity contribution in [3.05, 3.63) is 46.1 Å². The molecule has 124 valence electrons. The average molecular weight is 346 g/mol. The minimum absolute atomic E-state index is 0.0281. The van der Waals surface area contributed by atoms with Crippen LogP contribution >= 0.6 is 11.6 Å². The van der Waals surface area contributed by atoms with E-state index >= 15 is 0 Å². The molecule has 0 saturated heterocycles. The molecule has 3 heterocycles. The van der Waals surface area contributed by atoms with E-state index in [1.807, 2.05) is 0 Å². The van der Waals surface area contributed by atoms with Crippen LogP contribution < -0.4 is 10.9 Å². The second-order valence-corrected chi connectivity index (χ2v) is 6.39. The van der Waals surface area contributed by atoms with Gasteiger partial charge in [0.1, 0.15) is 5.82 Å². The Morgan fingerprint density at radius 2 is 2.29 bits per heavy atom. The molecule has 8 heteroatoms. The highest BCUT2D eigenvalue weighted by atomic mass is 35.5. The number of nitrogens with zero attached hydrogens (tertiary/aromatic N) is 3. The van der Waals surface area contributed by atoms with E-state index < -0.39 is 0 Å². The van der Waals surface area contributed by atoms with E-state index in [1.165, 1.54) is 17.0 Å². The van der Waals surface area contributed by atoms with Crippen molar-refractivity contribution in [1.82, 2.24) is 19.7 Å². The van der Waals surface area contributed by atoms with Crippen LogP contribution in [-0.4, -0.2) is 37.5 Å². The average Bonchev–Trinajstić information content (AvgIpc) is 3.31. The van der Waals surface area contributed by atoms with Gasteiger partial charge < -0.3 is 10.4 Å². The van der Waals surface area contributed by atoms with E-state index in [0.29, 0.717) is 33.3 Å². The van der Waals surface area contributed by atoms with Gasteiger partial charge in [-0.2, -0.15) is 5.10 Å². The summed E-state index contributed by atoms with van der Waals surface area (Å²) in [5.74, 6) is 1.06. The number of aromatic nitrogens is 4. The first kappa shape index (κ1) is 15.2. The number of rotatable bonds is 5. The molecule has 0 aromatic carbocycles. The van der Waals surface area contributed by atoms with Crippen molar-refractivity contribution in [2.75, 3.05) is 11.9 Å². The Hall–Kier alpha value is -2.38. The molecule has 4 rings (SSSR count). The fraction of sp³-hybridized carbons (Fsp3) is 0.312. The lowest BCUT2D eigenvalue weighted by Gasteiger charge is -2.17. The lowest BCUT2D eigenvalue weighted by molar-refractivity contribution is 0.263. The molecule has 0 amide bonds. The van der Waals surface area contributed by atoms with Crippen LogP contribution in [0.5, 0.6) is 0 Å². The number of nitrogens with one attached hydrogen (secondary N) is 2. The molecule has 3 aromatic heterocycles. The molecule has 24 heavy (non-hydrogen) atoms. The van der Waals surface area contributed by atoms with Crippen LogP contribution in [0.3, 0.4) is 0 Å². The Morgan fingerprint density at radius 3 is 3.04 bits per heavy atom. The fourth-order valence-electron chi connectivity index (χ4n) is 2.82. The molecular formula is C16H16ClN5O2. The molecule has 3 aromatic rings. The van der Waals surface area contributed by atoms with Crippen molar-refractivity contribution < 1.29 is 5.11 Å². The number of aromatic amines is 1. The van der Waals surface area contributed by atoms with Crippen LogP contribution in [0, 0.1) is 5.92 Å². The van der Waals surface area contributed by atoms with Gasteiger partial charge in [0.05, 0.1) is 46.7 Å². The molecule has 1 fully saturated rings. The predicted octanol–water partition coefficient (Wildman–Crippen LogP) is 1.94. The number of aliphatic hydroxyl groups is 1. The third-order valence-corrected chi connectivity index (χ3v) is 4.62. The van der Waals surface area contributed by atoms with Crippen molar-refractivity contribution in [1.29, 1.82) is 0 Å². The van der Waals surface area contributed by atoms with Gasteiger partial charge in [-0.1, -0.05) is 11.6 Å². The number of hydrogen-bond acceptors (Lipinski definition) is 5. The number of fused-ring (bicyclic) bond motifs is 1. The van der Waals surface area contributed by atoms with Gasteiger partial charge in [0.15, 0.2) is 0 Å². The Labute approximate surface area is 142 Å². The zero-order valence-corrected chi connectivity index (χ0v) is 13.5. The van der Waals surface area contributed by atoms with Crippen LogP contribution in [0.4, 0.5) is 5.82 Å². The third-order valence-electron chi connectivity index (χ3n) is 4.32. The van der Waals surface area contributed by atoms with Crippen LogP contribution in [0.25, 0.3) is 16.6 Å². The maximum absolute atomic E-state index is 12.6. The van der Waals surface area contributed by atoms with Crippen molar-refractivity contribution in [2.45, 2.75) is 18.9 Å². The van der Waals surface area contributed by atoms with E-state index in [1.54, 1.807) is 18.3 Å². The van der Waals surface area contributed by atoms with Crippen LogP contribution in [-0.2, 0) is 0 Å². The predicted molar refractivity (Wildman–Crippen MR) is 91.7 cm³/mol. The second-order valence-electron chi connectivity index (χ2n) is 5.98. The molecule has 1 aliphatic rings. The monoisotopic (exact) mass is 345 g/mol. The summed E-state index contributed by atoms with van der Waals surface area (Å²) < 4.78 is 1.47. The number of H-pyrrole nitrogens is 1. The molecule has 0 bridgehead atoms. The quantitative estimate of drug-likeness (QED) is 0.656. The van der Waals surface area contributed by atoms with Gasteiger partial charge >= 0.3 is 0 Å². The highest BCUT2D eigenvalue weighted by molar-refractivity contribution is 6.32. The van der Waals surface area contributed by atoms with Crippen molar-refractivity contribution >= 4 is 28.3 Å². The molecule has 0 aliphatic heterocycles. The smallest absolute Gasteiger partial charge is 0.266 e. The SMILES string of the molecule is O=c1c2cn[nH]c2ccn1-c1cc(N[C@H](CO)C2CC2)ncc1Cl. The lowest BCUT2D eigenvalue weighted by Crippen LogP contribution is -2.26. The van der Waals surface area contributed by atoms with E-state index in [-0.39, 0.29) is 18.2 Å². The number of anilines is 1. The summed E-state index contributed by atoms with van der Waals surface area (Å²) in [5.41, 5.74) is 1.00. The van der Waals surface area contributed by atoms with Crippen LogP contribution in [0.1, 0.15) is 12.8 Å². The molecule has 0 spiro atoms. The summed E-state index contributed by atoms with van der Waals surface area (Å²) in [6.07, 6.45) is 6.87. The van der Waals surface area contributed by atoms with Gasteiger partial charge in [0, 0.05) is 12.3 Å². The number of pyridine rings is 2. The second kappa shape index (κ2) is 5.92. The highest BCUT2D eigenvalue weighted by Gasteiger charge is 2.30. The zero-order valence-electron chi connectivity index (χ0n) is 12.7. The van der Waals surface area contributed by atoms with Gasteiger partial charge in [-0.25, -0.2) is 4.98 Å². The highest BCUT2D eigenvalue weighted by Crippen LogP contribution is 2.34. The third kappa shape index (κ3) is 2.65. The van der Waals surface area contributed by atoms with Crippen molar-refractivity contribution in [2.24, 2.45) is 5.92 Å². The minimum atomic E-state index is -0.207. The van der Waals surface area contributed by atoms with Gasteiger partial charge in [0.2, 0.25) is 0 Å². The van der Waals surface area contributed by atoms with Crippen LogP contribution in [0.15, 0.2) is 35.5 Å². The van der Waals surface area contributed by atoms with Crippen molar-refractivity contribution in [3.8, 4) is 5.69 Å². The summed E-state index contributed by atoms with van der Waals surface area (Å²) in [7, 11) is 0. The number of halogens is 1. The first-order valence-electron chi connectivity index (χ1n) is 7.75. The lowest BCUT2D eigenvalue weighted by atomic mass is 10.2. The molecule has 3 N–H and O–H groups in total. The first-order chi connectivity index (χ1) is 11.7. The van der Waals surface area contributed by atoms with E-state index in [2.05, 4.69) is 20.5 Å². The summed E-state index contributed by atoms with van der Waals surface area (Å²) in [4.78, 5) is 16.9. The Balaban J connectivity index is 1.74. The summed E-state index contributed by atoms with van der Waals surface area (Å²) in [6, 6.07) is 3.47. The Bertz CT molecular complexity index is 947. The summed E-state index contributed by atoms with van der Waals surface area (Å²) in [5, 5.41) is 20.2. The molecule has 0 unspecified atom stereocenters. The van der Waals surface area contributed by atoms with Gasteiger partial charge in [-0.3, -0.25) is 14.5 Å². The van der Waals surface area contributed by atoms with Crippen LogP contribution in [0.2, 0.25) is 5.02 Å². The van der Waals surface area contributed by atoms with Gasteiger partial charge in [0.25, 0.3) is 5.56 Å². The standard InChI is InChI=1S/C16H16ClN5O2/c17-11-7-18-15(20-13(8-23)9-1-2-9)5-14(11)22-4-3-12-10(16(22)24)6-19-21-12/h3-7,9,13,23H,1-2,8H2,(H,18,20)(H,19,21)/t13-/m1/s1. The zero-order chi connectivity index (χ0) is 16.7. The normalized spacial score (nSPS) is 15.6. The molecule has 0 radical (unpaired) electrons. The minimum Gasteiger partial charge on any atom is -0.394 e. The number of hydrogen-bond donors (Lipinski definition) is 3. The molecule has 1 atom stereocenters. The molecular weight excluding hydrogens is 330 g/mol. The van der Waals surface area contributed by atoms with Crippen molar-refractivity contribution in [3.63, 3.8) is 0 Å². The molecule has 1 saturated carbocycles. The molecule has 1 aliphatic carbocycles. The van der Waals surface area contributed by atoms with E-state index in [9.17, 15) is 9.90 Å².